The summed E-state index contributed by atoms with van der Waals surface area (Å²) in [6, 6.07) is 9.11. The number of aliphatic hydroxyl groups is 3. The Morgan fingerprint density at radius 3 is 2.67 bits per heavy atom. The summed E-state index contributed by atoms with van der Waals surface area (Å²) < 4.78 is 10.4. The van der Waals surface area contributed by atoms with Crippen LogP contribution in [-0.2, 0) is 16.1 Å². The molecule has 3 N–H and O–H groups in total. The van der Waals surface area contributed by atoms with E-state index in [1.165, 1.54) is 0 Å². The molecule has 8 heteroatoms. The summed E-state index contributed by atoms with van der Waals surface area (Å²) in [7, 11) is 0. The zero-order valence-electron chi connectivity index (χ0n) is 11.2. The lowest BCUT2D eigenvalue weighted by molar-refractivity contribution is -0.512. The summed E-state index contributed by atoms with van der Waals surface area (Å²) in [5, 5.41) is 40.2. The van der Waals surface area contributed by atoms with Gasteiger partial charge in [-0.15, -0.1) is 0 Å². The molecular weight excluding hydrogens is 282 g/mol. The third-order valence-electron chi connectivity index (χ3n) is 3.31. The van der Waals surface area contributed by atoms with Gasteiger partial charge in [-0.3, -0.25) is 10.1 Å². The summed E-state index contributed by atoms with van der Waals surface area (Å²) in [6.07, 6.45) is -4.46. The van der Waals surface area contributed by atoms with Crippen molar-refractivity contribution in [3.63, 3.8) is 0 Å². The third-order valence-corrected chi connectivity index (χ3v) is 3.31. The smallest absolute Gasteiger partial charge is 0.237 e. The molecule has 116 valence electrons. The largest absolute Gasteiger partial charge is 0.387 e. The first-order chi connectivity index (χ1) is 9.92. The number of aliphatic hydroxyl groups excluding tert-OH is 2. The number of rotatable bonds is 5. The van der Waals surface area contributed by atoms with Crippen LogP contribution >= 0.6 is 0 Å². The number of benzene rings is 1. The fourth-order valence-electron chi connectivity index (χ4n) is 2.14. The Morgan fingerprint density at radius 1 is 1.38 bits per heavy atom. The molecule has 0 spiro atoms. The summed E-state index contributed by atoms with van der Waals surface area (Å²) in [5.41, 5.74) is -1.29. The van der Waals surface area contributed by atoms with E-state index in [1.807, 2.05) is 30.3 Å². The Kier molecular flexibility index (Phi) is 4.86. The van der Waals surface area contributed by atoms with Gasteiger partial charge in [-0.25, -0.2) is 0 Å². The number of hydrogen-bond acceptors (Lipinski definition) is 7. The molecule has 4 atom stereocenters. The van der Waals surface area contributed by atoms with Crippen molar-refractivity contribution in [2.24, 2.45) is 0 Å². The standard InChI is InChI=1S/C13H17NO7/c15-10-11(16)13(17,7-14(18)19)8-21-12(10)20-6-9-4-2-1-3-5-9/h1-5,10-12,15-17H,6-8H2/t10-,11-,12+,13-/m0/s1. The van der Waals surface area contributed by atoms with E-state index >= 15 is 0 Å². The maximum absolute atomic E-state index is 10.5. The van der Waals surface area contributed by atoms with Gasteiger partial charge >= 0.3 is 0 Å². The van der Waals surface area contributed by atoms with Crippen LogP contribution in [0.25, 0.3) is 0 Å². The van der Waals surface area contributed by atoms with Crippen LogP contribution in [0.5, 0.6) is 0 Å². The maximum atomic E-state index is 10.5. The van der Waals surface area contributed by atoms with Crippen molar-refractivity contribution in [1.29, 1.82) is 0 Å². The summed E-state index contributed by atoms with van der Waals surface area (Å²) in [4.78, 5) is 9.71. The van der Waals surface area contributed by atoms with E-state index < -0.39 is 42.2 Å². The average molecular weight is 299 g/mol. The van der Waals surface area contributed by atoms with E-state index in [-0.39, 0.29) is 6.61 Å². The van der Waals surface area contributed by atoms with E-state index in [0.29, 0.717) is 0 Å². The molecule has 0 amide bonds. The fraction of sp³-hybridized carbons (Fsp3) is 0.538. The van der Waals surface area contributed by atoms with Crippen LogP contribution in [0.3, 0.4) is 0 Å². The van der Waals surface area contributed by atoms with Crippen LogP contribution < -0.4 is 0 Å². The molecule has 0 aromatic heterocycles. The van der Waals surface area contributed by atoms with Gasteiger partial charge in [0.15, 0.2) is 11.9 Å². The molecule has 1 heterocycles. The third kappa shape index (κ3) is 3.74. The molecule has 21 heavy (non-hydrogen) atoms. The van der Waals surface area contributed by atoms with Gasteiger partial charge in [-0.05, 0) is 5.56 Å². The fourth-order valence-corrected chi connectivity index (χ4v) is 2.14. The Morgan fingerprint density at radius 2 is 2.05 bits per heavy atom. The summed E-state index contributed by atoms with van der Waals surface area (Å²) >= 11 is 0. The summed E-state index contributed by atoms with van der Waals surface area (Å²) in [6.45, 7) is -1.27. The lowest BCUT2D eigenvalue weighted by Crippen LogP contribution is -2.64. The second-order valence-electron chi connectivity index (χ2n) is 5.01. The average Bonchev–Trinajstić information content (AvgIpc) is 2.45. The van der Waals surface area contributed by atoms with Gasteiger partial charge in [-0.1, -0.05) is 30.3 Å². The van der Waals surface area contributed by atoms with Gasteiger partial charge < -0.3 is 24.8 Å². The van der Waals surface area contributed by atoms with Gasteiger partial charge in [0, 0.05) is 4.92 Å². The minimum Gasteiger partial charge on any atom is -0.387 e. The Bertz CT molecular complexity index is 483. The van der Waals surface area contributed by atoms with Gasteiger partial charge in [0.05, 0.1) is 13.2 Å². The molecule has 0 aliphatic carbocycles. The van der Waals surface area contributed by atoms with Crippen molar-refractivity contribution in [2.45, 2.75) is 30.7 Å². The molecule has 0 unspecified atom stereocenters. The molecule has 1 fully saturated rings. The number of nitrogens with zero attached hydrogens (tertiary/aromatic N) is 1. The van der Waals surface area contributed by atoms with Crippen molar-refractivity contribution < 1.29 is 29.7 Å². The molecule has 1 aliphatic heterocycles. The molecule has 1 aromatic carbocycles. The highest BCUT2D eigenvalue weighted by Gasteiger charge is 2.52. The highest BCUT2D eigenvalue weighted by atomic mass is 16.7. The second kappa shape index (κ2) is 6.46. The molecule has 0 radical (unpaired) electrons. The van der Waals surface area contributed by atoms with E-state index in [0.717, 1.165) is 5.56 Å². The van der Waals surface area contributed by atoms with Gasteiger partial charge in [-0.2, -0.15) is 0 Å². The normalized spacial score (nSPS) is 32.8. The van der Waals surface area contributed by atoms with E-state index in [2.05, 4.69) is 0 Å². The first-order valence-corrected chi connectivity index (χ1v) is 6.40. The Balaban J connectivity index is 1.94. The second-order valence-corrected chi connectivity index (χ2v) is 5.01. The first kappa shape index (κ1) is 15.8. The zero-order valence-corrected chi connectivity index (χ0v) is 11.2. The number of hydrogen-bond donors (Lipinski definition) is 3. The van der Waals surface area contributed by atoms with Crippen LogP contribution in [0, 0.1) is 10.1 Å². The van der Waals surface area contributed by atoms with E-state index in [1.54, 1.807) is 0 Å². The zero-order chi connectivity index (χ0) is 15.5. The van der Waals surface area contributed by atoms with Crippen LogP contribution in [-0.4, -0.2) is 57.5 Å². The SMILES string of the molecule is O=[N+]([O-])C[C@]1(O)CO[C@@H](OCc2ccccc2)[C@@H](O)[C@@H]1O. The Hall–Kier alpha value is -1.58. The van der Waals surface area contributed by atoms with Gasteiger partial charge in [0.1, 0.15) is 12.2 Å². The highest BCUT2D eigenvalue weighted by Crippen LogP contribution is 2.26. The molecule has 0 bridgehead atoms. The molecular formula is C13H17NO7. The minimum atomic E-state index is -2.13. The predicted octanol–water partition coefficient (Wildman–Crippen LogP) is -0.711. The molecule has 1 saturated heterocycles. The van der Waals surface area contributed by atoms with Crippen LogP contribution in [0.2, 0.25) is 0 Å². The van der Waals surface area contributed by atoms with Crippen molar-refractivity contribution in [1.82, 2.24) is 0 Å². The minimum absolute atomic E-state index is 0.142. The molecule has 0 saturated carbocycles. The monoisotopic (exact) mass is 299 g/mol. The van der Waals surface area contributed by atoms with E-state index in [9.17, 15) is 25.4 Å². The lowest BCUT2D eigenvalue weighted by Gasteiger charge is -2.40. The van der Waals surface area contributed by atoms with Gasteiger partial charge in [0.2, 0.25) is 6.54 Å². The van der Waals surface area contributed by atoms with Crippen LogP contribution in [0.15, 0.2) is 30.3 Å². The molecule has 1 aromatic rings. The molecule has 8 nitrogen and oxygen atoms in total. The van der Waals surface area contributed by atoms with Crippen molar-refractivity contribution >= 4 is 0 Å². The quantitative estimate of drug-likeness (QED) is 0.485. The number of ether oxygens (including phenoxy) is 2. The highest BCUT2D eigenvalue weighted by molar-refractivity contribution is 5.13. The maximum Gasteiger partial charge on any atom is 0.237 e. The van der Waals surface area contributed by atoms with Crippen molar-refractivity contribution in [3.05, 3.63) is 46.0 Å². The predicted molar refractivity (Wildman–Crippen MR) is 69.8 cm³/mol. The molecule has 2 rings (SSSR count). The van der Waals surface area contributed by atoms with Crippen molar-refractivity contribution in [3.8, 4) is 0 Å². The van der Waals surface area contributed by atoms with Gasteiger partial charge in [0.25, 0.3) is 0 Å². The van der Waals surface area contributed by atoms with Crippen LogP contribution in [0.4, 0.5) is 0 Å². The van der Waals surface area contributed by atoms with E-state index in [4.69, 9.17) is 9.47 Å². The van der Waals surface area contributed by atoms with Crippen LogP contribution in [0.1, 0.15) is 5.56 Å². The summed E-state index contributed by atoms with van der Waals surface area (Å²) in [5.74, 6) is 0. The number of nitro groups is 1. The topological polar surface area (TPSA) is 122 Å². The molecule has 1 aliphatic rings. The Labute approximate surface area is 120 Å². The lowest BCUT2D eigenvalue weighted by atomic mass is 9.90. The first-order valence-electron chi connectivity index (χ1n) is 6.40. The van der Waals surface area contributed by atoms with Crippen molar-refractivity contribution in [2.75, 3.05) is 13.2 Å².